The van der Waals surface area contributed by atoms with Crippen molar-refractivity contribution in [1.82, 2.24) is 0 Å². The Morgan fingerprint density at radius 2 is 1.75 bits per heavy atom. The minimum absolute atomic E-state index is 0.606. The molecule has 0 aliphatic heterocycles. The van der Waals surface area contributed by atoms with Crippen LogP contribution in [0.5, 0.6) is 11.5 Å². The zero-order valence-corrected chi connectivity index (χ0v) is 11.4. The fourth-order valence-corrected chi connectivity index (χ4v) is 1.99. The van der Waals surface area contributed by atoms with Crippen molar-refractivity contribution in [3.8, 4) is 11.5 Å². The maximum absolute atomic E-state index is 10.5. The van der Waals surface area contributed by atoms with Crippen molar-refractivity contribution in [3.63, 3.8) is 0 Å². The van der Waals surface area contributed by atoms with Crippen LogP contribution in [0.3, 0.4) is 0 Å². The van der Waals surface area contributed by atoms with Crippen molar-refractivity contribution in [2.75, 3.05) is 0 Å². The first-order chi connectivity index (χ1) is 9.54. The number of benzene rings is 2. The van der Waals surface area contributed by atoms with Crippen molar-refractivity contribution >= 4 is 12.0 Å². The molecule has 0 fully saturated rings. The van der Waals surface area contributed by atoms with E-state index < -0.39 is 5.97 Å². The summed E-state index contributed by atoms with van der Waals surface area (Å²) in [7, 11) is 0. The number of carboxylic acids is 1. The number of para-hydroxylation sites is 1. The van der Waals surface area contributed by atoms with E-state index in [0.717, 1.165) is 23.0 Å². The largest absolute Gasteiger partial charge is 0.545 e. The van der Waals surface area contributed by atoms with E-state index in [2.05, 4.69) is 6.07 Å². The quantitative estimate of drug-likeness (QED) is 0.800. The Labute approximate surface area is 118 Å². The molecule has 0 aliphatic rings. The van der Waals surface area contributed by atoms with Crippen LogP contribution in [0, 0.1) is 13.8 Å². The third-order valence-electron chi connectivity index (χ3n) is 2.74. The number of aliphatic carboxylic acids is 1. The van der Waals surface area contributed by atoms with Gasteiger partial charge in [0, 0.05) is 5.56 Å². The molecule has 2 aromatic carbocycles. The van der Waals surface area contributed by atoms with E-state index in [-0.39, 0.29) is 0 Å². The lowest BCUT2D eigenvalue weighted by atomic mass is 10.1. The molecule has 2 aromatic rings. The van der Waals surface area contributed by atoms with Gasteiger partial charge in [-0.3, -0.25) is 0 Å². The lowest BCUT2D eigenvalue weighted by molar-refractivity contribution is -0.297. The number of hydrogen-bond donors (Lipinski definition) is 0. The Bertz CT molecular complexity index is 637. The second kappa shape index (κ2) is 6.06. The zero-order chi connectivity index (χ0) is 14.5. The second-order valence-electron chi connectivity index (χ2n) is 4.62. The van der Waals surface area contributed by atoms with Gasteiger partial charge in [0.25, 0.3) is 0 Å². The molecule has 0 aliphatic carbocycles. The Morgan fingerprint density at radius 3 is 2.40 bits per heavy atom. The van der Waals surface area contributed by atoms with E-state index >= 15 is 0 Å². The van der Waals surface area contributed by atoms with Crippen LogP contribution in [0.1, 0.15) is 16.7 Å². The normalized spacial score (nSPS) is 10.7. The Balaban J connectivity index is 2.31. The van der Waals surface area contributed by atoms with Crippen LogP contribution < -0.4 is 9.84 Å². The summed E-state index contributed by atoms with van der Waals surface area (Å²) in [6, 6.07) is 13.2. The Morgan fingerprint density at radius 1 is 1.10 bits per heavy atom. The molecule has 20 heavy (non-hydrogen) atoms. The molecule has 0 spiro atoms. The summed E-state index contributed by atoms with van der Waals surface area (Å²) >= 11 is 0. The van der Waals surface area contributed by atoms with Crippen LogP contribution in [0.4, 0.5) is 0 Å². The molecular weight excluding hydrogens is 252 g/mol. The molecule has 0 bridgehead atoms. The van der Waals surface area contributed by atoms with Crippen LogP contribution in [0.15, 0.2) is 48.5 Å². The van der Waals surface area contributed by atoms with Gasteiger partial charge < -0.3 is 14.6 Å². The average molecular weight is 267 g/mol. The third-order valence-corrected chi connectivity index (χ3v) is 2.74. The first kappa shape index (κ1) is 13.9. The summed E-state index contributed by atoms with van der Waals surface area (Å²) in [6.07, 6.45) is 2.46. The topological polar surface area (TPSA) is 49.4 Å². The molecule has 0 saturated heterocycles. The van der Waals surface area contributed by atoms with Crippen LogP contribution in [-0.2, 0) is 4.79 Å². The summed E-state index contributed by atoms with van der Waals surface area (Å²) in [4.78, 5) is 10.5. The predicted octanol–water partition coefficient (Wildman–Crippen LogP) is 2.86. The summed E-state index contributed by atoms with van der Waals surface area (Å²) in [5.41, 5.74) is 2.92. The molecule has 0 heterocycles. The van der Waals surface area contributed by atoms with E-state index in [9.17, 15) is 9.90 Å². The standard InChI is InChI=1S/C17H16O3/c1-12-9-13(2)11-15(10-12)20-16-6-4-3-5-14(16)7-8-17(18)19/h3-11H,1-2H3,(H,18,19)/p-1/b8-7+. The smallest absolute Gasteiger partial charge is 0.134 e. The predicted molar refractivity (Wildman–Crippen MR) is 76.5 cm³/mol. The number of hydrogen-bond acceptors (Lipinski definition) is 3. The summed E-state index contributed by atoms with van der Waals surface area (Å²) < 4.78 is 5.84. The number of carbonyl (C=O) groups is 1. The van der Waals surface area contributed by atoms with E-state index in [0.29, 0.717) is 11.3 Å². The first-order valence-electron chi connectivity index (χ1n) is 6.29. The first-order valence-corrected chi connectivity index (χ1v) is 6.29. The van der Waals surface area contributed by atoms with Crippen molar-refractivity contribution in [2.24, 2.45) is 0 Å². The number of aryl methyl sites for hydroxylation is 2. The highest BCUT2D eigenvalue weighted by Crippen LogP contribution is 2.27. The van der Waals surface area contributed by atoms with Gasteiger partial charge in [0.2, 0.25) is 0 Å². The Kier molecular flexibility index (Phi) is 4.20. The summed E-state index contributed by atoms with van der Waals surface area (Å²) in [5.74, 6) is 0.109. The molecular formula is C17H15O3-. The number of ether oxygens (including phenoxy) is 1. The highest BCUT2D eigenvalue weighted by atomic mass is 16.5. The molecule has 0 radical (unpaired) electrons. The molecule has 0 atom stereocenters. The molecule has 0 aromatic heterocycles. The van der Waals surface area contributed by atoms with E-state index in [1.165, 1.54) is 6.08 Å². The number of rotatable bonds is 4. The monoisotopic (exact) mass is 267 g/mol. The highest BCUT2D eigenvalue weighted by Gasteiger charge is 2.03. The SMILES string of the molecule is Cc1cc(C)cc(Oc2ccccc2/C=C/C(=O)[O-])c1. The molecule has 2 rings (SSSR count). The van der Waals surface area contributed by atoms with E-state index in [4.69, 9.17) is 4.74 Å². The Hall–Kier alpha value is -2.55. The maximum atomic E-state index is 10.5. The lowest BCUT2D eigenvalue weighted by Crippen LogP contribution is -2.18. The van der Waals surface area contributed by atoms with E-state index in [1.54, 1.807) is 12.1 Å². The van der Waals surface area contributed by atoms with Crippen LogP contribution in [-0.4, -0.2) is 5.97 Å². The average Bonchev–Trinajstić information content (AvgIpc) is 2.36. The van der Waals surface area contributed by atoms with Gasteiger partial charge in [-0.25, -0.2) is 0 Å². The van der Waals surface area contributed by atoms with Gasteiger partial charge in [-0.2, -0.15) is 0 Å². The molecule has 0 N–H and O–H groups in total. The fraction of sp³-hybridized carbons (Fsp3) is 0.118. The van der Waals surface area contributed by atoms with Gasteiger partial charge >= 0.3 is 0 Å². The molecule has 3 heteroatoms. The van der Waals surface area contributed by atoms with Crippen molar-refractivity contribution in [2.45, 2.75) is 13.8 Å². The molecule has 3 nitrogen and oxygen atoms in total. The minimum atomic E-state index is -1.23. The van der Waals surface area contributed by atoms with Crippen LogP contribution in [0.25, 0.3) is 6.08 Å². The van der Waals surface area contributed by atoms with Gasteiger partial charge in [0.1, 0.15) is 11.5 Å². The minimum Gasteiger partial charge on any atom is -0.545 e. The second-order valence-corrected chi connectivity index (χ2v) is 4.62. The van der Waals surface area contributed by atoms with E-state index in [1.807, 2.05) is 38.1 Å². The van der Waals surface area contributed by atoms with Crippen molar-refractivity contribution < 1.29 is 14.6 Å². The maximum Gasteiger partial charge on any atom is 0.134 e. The van der Waals surface area contributed by atoms with Gasteiger partial charge in [0.05, 0.1) is 5.97 Å². The van der Waals surface area contributed by atoms with Gasteiger partial charge in [-0.1, -0.05) is 24.3 Å². The summed E-state index contributed by atoms with van der Waals surface area (Å²) in [6.45, 7) is 4.00. The van der Waals surface area contributed by atoms with Gasteiger partial charge in [0.15, 0.2) is 0 Å². The van der Waals surface area contributed by atoms with Crippen molar-refractivity contribution in [3.05, 3.63) is 65.2 Å². The number of carboxylic acid groups (broad SMARTS) is 1. The zero-order valence-electron chi connectivity index (χ0n) is 11.4. The lowest BCUT2D eigenvalue weighted by Gasteiger charge is -2.10. The molecule has 0 unspecified atom stereocenters. The molecule has 102 valence electrons. The van der Waals surface area contributed by atoms with Crippen LogP contribution in [0.2, 0.25) is 0 Å². The van der Waals surface area contributed by atoms with Gasteiger partial charge in [-0.05, 0) is 55.3 Å². The third kappa shape index (κ3) is 3.72. The van der Waals surface area contributed by atoms with Crippen molar-refractivity contribution in [1.29, 1.82) is 0 Å². The molecule has 0 amide bonds. The molecule has 0 saturated carbocycles. The fourth-order valence-electron chi connectivity index (χ4n) is 1.99. The number of carbonyl (C=O) groups excluding carboxylic acids is 1. The summed E-state index contributed by atoms with van der Waals surface area (Å²) in [5, 5.41) is 10.5. The van der Waals surface area contributed by atoms with Gasteiger partial charge in [-0.15, -0.1) is 0 Å². The van der Waals surface area contributed by atoms with Crippen LogP contribution >= 0.6 is 0 Å². The highest BCUT2D eigenvalue weighted by molar-refractivity contribution is 5.84.